The molecule has 4 nitrogen and oxygen atoms in total. The van der Waals surface area contributed by atoms with Gasteiger partial charge < -0.3 is 15.4 Å². The summed E-state index contributed by atoms with van der Waals surface area (Å²) in [4.78, 5) is 14.4. The van der Waals surface area contributed by atoms with Crippen LogP contribution in [0.3, 0.4) is 0 Å². The van der Waals surface area contributed by atoms with Crippen LogP contribution in [0, 0.1) is 5.82 Å². The Morgan fingerprint density at radius 2 is 2.00 bits per heavy atom. The fourth-order valence-corrected chi connectivity index (χ4v) is 2.55. The van der Waals surface area contributed by atoms with Gasteiger partial charge in [0, 0.05) is 18.2 Å². The van der Waals surface area contributed by atoms with E-state index in [0.29, 0.717) is 30.1 Å². The van der Waals surface area contributed by atoms with Crippen LogP contribution in [0.4, 0.5) is 10.1 Å². The van der Waals surface area contributed by atoms with Crippen molar-refractivity contribution in [2.45, 2.75) is 19.6 Å². The first-order valence-electron chi connectivity index (χ1n) is 7.15. The predicted octanol–water partition coefficient (Wildman–Crippen LogP) is 3.13. The molecular formula is C17H18ClFN2O2. The molecule has 1 aliphatic rings. The quantitative estimate of drug-likeness (QED) is 0.916. The summed E-state index contributed by atoms with van der Waals surface area (Å²) in [5.74, 6) is -0.121. The highest BCUT2D eigenvalue weighted by Crippen LogP contribution is 2.34. The van der Waals surface area contributed by atoms with E-state index >= 15 is 0 Å². The van der Waals surface area contributed by atoms with Crippen molar-refractivity contribution in [2.75, 3.05) is 11.4 Å². The van der Waals surface area contributed by atoms with Crippen LogP contribution < -0.4 is 15.4 Å². The summed E-state index contributed by atoms with van der Waals surface area (Å²) in [5, 5.41) is 0. The van der Waals surface area contributed by atoms with E-state index in [1.807, 2.05) is 19.1 Å². The first-order chi connectivity index (χ1) is 10.6. The Morgan fingerprint density at radius 3 is 2.65 bits per heavy atom. The fourth-order valence-electron chi connectivity index (χ4n) is 2.55. The number of rotatable bonds is 2. The molecular weight excluding hydrogens is 319 g/mol. The highest BCUT2D eigenvalue weighted by atomic mass is 35.5. The van der Waals surface area contributed by atoms with E-state index in [1.54, 1.807) is 23.1 Å². The molecule has 1 amide bonds. The number of amides is 1. The largest absolute Gasteiger partial charge is 0.487 e. The third-order valence-corrected chi connectivity index (χ3v) is 3.66. The minimum Gasteiger partial charge on any atom is -0.487 e. The number of halogens is 2. The molecule has 2 aromatic rings. The molecule has 0 saturated carbocycles. The Labute approximate surface area is 140 Å². The van der Waals surface area contributed by atoms with Gasteiger partial charge in [-0.25, -0.2) is 4.39 Å². The molecule has 1 heterocycles. The molecule has 0 bridgehead atoms. The lowest BCUT2D eigenvalue weighted by Crippen LogP contribution is -2.42. The van der Waals surface area contributed by atoms with Crippen molar-refractivity contribution in [3.8, 4) is 5.75 Å². The van der Waals surface area contributed by atoms with Crippen LogP contribution in [0.15, 0.2) is 42.5 Å². The van der Waals surface area contributed by atoms with E-state index < -0.39 is 0 Å². The smallest absolute Gasteiger partial charge is 0.258 e. The second-order valence-electron chi connectivity index (χ2n) is 5.36. The van der Waals surface area contributed by atoms with Gasteiger partial charge >= 0.3 is 0 Å². The van der Waals surface area contributed by atoms with Crippen LogP contribution in [-0.4, -0.2) is 18.6 Å². The number of ether oxygens (including phenoxy) is 1. The predicted molar refractivity (Wildman–Crippen MR) is 89.7 cm³/mol. The van der Waals surface area contributed by atoms with Gasteiger partial charge in [0.05, 0.1) is 12.2 Å². The van der Waals surface area contributed by atoms with Crippen molar-refractivity contribution in [3.05, 3.63) is 59.4 Å². The number of hydrogen-bond donors (Lipinski definition) is 1. The average molecular weight is 337 g/mol. The van der Waals surface area contributed by atoms with Crippen molar-refractivity contribution in [1.82, 2.24) is 0 Å². The Morgan fingerprint density at radius 1 is 1.30 bits per heavy atom. The van der Waals surface area contributed by atoms with E-state index in [-0.39, 0.29) is 30.2 Å². The molecule has 1 atom stereocenters. The van der Waals surface area contributed by atoms with Crippen molar-refractivity contribution in [3.63, 3.8) is 0 Å². The van der Waals surface area contributed by atoms with Crippen LogP contribution in [0.25, 0.3) is 0 Å². The van der Waals surface area contributed by atoms with Gasteiger partial charge in [0.25, 0.3) is 5.91 Å². The molecule has 1 unspecified atom stereocenters. The van der Waals surface area contributed by atoms with E-state index in [4.69, 9.17) is 10.5 Å². The van der Waals surface area contributed by atoms with E-state index in [2.05, 4.69) is 0 Å². The zero-order chi connectivity index (χ0) is 15.7. The lowest BCUT2D eigenvalue weighted by atomic mass is 10.1. The van der Waals surface area contributed by atoms with Crippen LogP contribution in [-0.2, 0) is 6.54 Å². The summed E-state index contributed by atoms with van der Waals surface area (Å²) >= 11 is 0. The second kappa shape index (κ2) is 6.98. The first-order valence-corrected chi connectivity index (χ1v) is 7.15. The summed E-state index contributed by atoms with van der Waals surface area (Å²) in [5.41, 5.74) is 7.70. The van der Waals surface area contributed by atoms with Gasteiger partial charge in [0.15, 0.2) is 0 Å². The van der Waals surface area contributed by atoms with Crippen LogP contribution in [0.5, 0.6) is 5.75 Å². The van der Waals surface area contributed by atoms with Gasteiger partial charge in [0.1, 0.15) is 17.7 Å². The molecule has 0 fully saturated rings. The van der Waals surface area contributed by atoms with Gasteiger partial charge in [-0.1, -0.05) is 12.1 Å². The number of carbonyl (C=O) groups is 1. The van der Waals surface area contributed by atoms with Crippen molar-refractivity contribution < 1.29 is 13.9 Å². The number of hydrogen-bond acceptors (Lipinski definition) is 3. The Kier molecular flexibility index (Phi) is 5.23. The molecule has 0 radical (unpaired) electrons. The number of anilines is 1. The monoisotopic (exact) mass is 336 g/mol. The van der Waals surface area contributed by atoms with E-state index in [9.17, 15) is 9.18 Å². The molecule has 0 saturated heterocycles. The van der Waals surface area contributed by atoms with Gasteiger partial charge in [0.2, 0.25) is 0 Å². The highest BCUT2D eigenvalue weighted by Gasteiger charge is 2.28. The van der Waals surface area contributed by atoms with Gasteiger partial charge in [-0.3, -0.25) is 4.79 Å². The minimum absolute atomic E-state index is 0. The fraction of sp³-hybridized carbons (Fsp3) is 0.235. The maximum atomic E-state index is 13.4. The molecule has 1 aliphatic heterocycles. The molecule has 0 aliphatic carbocycles. The van der Waals surface area contributed by atoms with Gasteiger partial charge in [-0.05, 0) is 36.8 Å². The van der Waals surface area contributed by atoms with Gasteiger partial charge in [-0.2, -0.15) is 0 Å². The second-order valence-corrected chi connectivity index (χ2v) is 5.36. The molecule has 122 valence electrons. The molecule has 0 spiro atoms. The normalized spacial score (nSPS) is 16.1. The summed E-state index contributed by atoms with van der Waals surface area (Å²) < 4.78 is 19.0. The average Bonchev–Trinajstić information content (AvgIpc) is 2.53. The maximum Gasteiger partial charge on any atom is 0.258 e. The molecule has 2 N–H and O–H groups in total. The molecule has 23 heavy (non-hydrogen) atoms. The van der Waals surface area contributed by atoms with Crippen molar-refractivity contribution in [2.24, 2.45) is 5.73 Å². The third-order valence-electron chi connectivity index (χ3n) is 3.66. The first kappa shape index (κ1) is 17.2. The maximum absolute atomic E-state index is 13.4. The number of carbonyl (C=O) groups excluding carboxylic acids is 1. The summed E-state index contributed by atoms with van der Waals surface area (Å²) in [6.45, 7) is 2.72. The summed E-state index contributed by atoms with van der Waals surface area (Å²) in [6, 6.07) is 11.4. The van der Waals surface area contributed by atoms with E-state index in [1.165, 1.54) is 12.1 Å². The highest BCUT2D eigenvalue weighted by molar-refractivity contribution is 6.07. The summed E-state index contributed by atoms with van der Waals surface area (Å²) in [6.07, 6.45) is -0.193. The Bertz CT molecular complexity index is 706. The third kappa shape index (κ3) is 3.46. The number of nitrogens with zero attached hydrogens (tertiary/aromatic N) is 1. The summed E-state index contributed by atoms with van der Waals surface area (Å²) in [7, 11) is 0. The van der Waals surface area contributed by atoms with Gasteiger partial charge in [-0.15, -0.1) is 12.4 Å². The standard InChI is InChI=1S/C17H17FN2O2.ClH/c1-11-10-20(15-7-6-14(18)8-16(15)22-11)17(21)13-4-2-12(9-19)3-5-13;/h2-8,11H,9-10,19H2,1H3;1H. The van der Waals surface area contributed by atoms with Crippen LogP contribution >= 0.6 is 12.4 Å². The molecule has 2 aromatic carbocycles. The number of nitrogens with two attached hydrogens (primary N) is 1. The Hall–Kier alpha value is -2.11. The zero-order valence-corrected chi connectivity index (χ0v) is 13.5. The topological polar surface area (TPSA) is 55.6 Å². The van der Waals surface area contributed by atoms with Crippen LogP contribution in [0.2, 0.25) is 0 Å². The van der Waals surface area contributed by atoms with Crippen LogP contribution in [0.1, 0.15) is 22.8 Å². The molecule has 0 aromatic heterocycles. The van der Waals surface area contributed by atoms with Crippen molar-refractivity contribution in [1.29, 1.82) is 0 Å². The number of benzene rings is 2. The zero-order valence-electron chi connectivity index (χ0n) is 12.7. The van der Waals surface area contributed by atoms with Crippen molar-refractivity contribution >= 4 is 24.0 Å². The number of fused-ring (bicyclic) bond motifs is 1. The Balaban J connectivity index is 0.00000192. The lowest BCUT2D eigenvalue weighted by molar-refractivity contribution is 0.0961. The molecule has 3 rings (SSSR count). The minimum atomic E-state index is -0.382. The SMILES string of the molecule is CC1CN(C(=O)c2ccc(CN)cc2)c2ccc(F)cc2O1.Cl. The lowest BCUT2D eigenvalue weighted by Gasteiger charge is -2.33. The van der Waals surface area contributed by atoms with E-state index in [0.717, 1.165) is 5.56 Å². The molecule has 6 heteroatoms.